The standard InChI is InChI=1S/C18H29N3O2S/c1-14-13-24-18(19-14)12-21-10-16-9-20(4-7-23-17(16)11-21)8-15-2-5-22-6-3-15/h13,15-17H,2-12H2,1H3/t16-,17+/m1/s1. The predicted molar refractivity (Wildman–Crippen MR) is 95.3 cm³/mol. The highest BCUT2D eigenvalue weighted by molar-refractivity contribution is 7.09. The highest BCUT2D eigenvalue weighted by Crippen LogP contribution is 2.27. The smallest absolute Gasteiger partial charge is 0.107 e. The van der Waals surface area contributed by atoms with Crippen molar-refractivity contribution >= 4 is 11.3 Å². The van der Waals surface area contributed by atoms with Gasteiger partial charge in [-0.1, -0.05) is 0 Å². The maximum Gasteiger partial charge on any atom is 0.107 e. The molecule has 5 nitrogen and oxygen atoms in total. The number of aryl methyl sites for hydroxylation is 1. The molecule has 4 heterocycles. The summed E-state index contributed by atoms with van der Waals surface area (Å²) in [5, 5.41) is 3.39. The summed E-state index contributed by atoms with van der Waals surface area (Å²) in [4.78, 5) is 9.80. The van der Waals surface area contributed by atoms with Crippen molar-refractivity contribution in [2.45, 2.75) is 32.4 Å². The van der Waals surface area contributed by atoms with Crippen LogP contribution < -0.4 is 0 Å². The monoisotopic (exact) mass is 351 g/mol. The van der Waals surface area contributed by atoms with E-state index in [0.29, 0.717) is 12.0 Å². The molecule has 134 valence electrons. The zero-order chi connectivity index (χ0) is 16.4. The van der Waals surface area contributed by atoms with Gasteiger partial charge in [0.1, 0.15) is 5.01 Å². The number of hydrogen-bond donors (Lipinski definition) is 0. The van der Waals surface area contributed by atoms with Crippen LogP contribution in [0.2, 0.25) is 0 Å². The topological polar surface area (TPSA) is 37.8 Å². The fourth-order valence-electron chi connectivity index (χ4n) is 4.30. The van der Waals surface area contributed by atoms with Crippen LogP contribution in [-0.2, 0) is 16.0 Å². The molecular formula is C18H29N3O2S. The number of rotatable bonds is 4. The number of ether oxygens (including phenoxy) is 2. The third-order valence-electron chi connectivity index (χ3n) is 5.57. The summed E-state index contributed by atoms with van der Waals surface area (Å²) >= 11 is 1.78. The van der Waals surface area contributed by atoms with Crippen LogP contribution >= 0.6 is 11.3 Å². The van der Waals surface area contributed by atoms with Gasteiger partial charge in [-0.2, -0.15) is 0 Å². The first-order valence-electron chi connectivity index (χ1n) is 9.31. The molecule has 0 saturated carbocycles. The quantitative estimate of drug-likeness (QED) is 0.830. The fourth-order valence-corrected chi connectivity index (χ4v) is 5.12. The molecule has 3 aliphatic heterocycles. The largest absolute Gasteiger partial charge is 0.381 e. The number of fused-ring (bicyclic) bond motifs is 1. The minimum absolute atomic E-state index is 0.408. The fraction of sp³-hybridized carbons (Fsp3) is 0.833. The van der Waals surface area contributed by atoms with Gasteiger partial charge in [0.2, 0.25) is 0 Å². The normalized spacial score (nSPS) is 30.4. The second-order valence-electron chi connectivity index (χ2n) is 7.56. The van der Waals surface area contributed by atoms with Crippen molar-refractivity contribution in [3.8, 4) is 0 Å². The SMILES string of the molecule is Cc1csc(CN2C[C@H]3CN(CC4CCOCC4)CCO[C@H]3C2)n1. The number of nitrogens with zero attached hydrogens (tertiary/aromatic N) is 3. The summed E-state index contributed by atoms with van der Waals surface area (Å²) < 4.78 is 11.7. The molecule has 3 fully saturated rings. The van der Waals surface area contributed by atoms with Crippen LogP contribution in [0.25, 0.3) is 0 Å². The van der Waals surface area contributed by atoms with Gasteiger partial charge in [-0.3, -0.25) is 4.90 Å². The van der Waals surface area contributed by atoms with Crippen LogP contribution in [0, 0.1) is 18.8 Å². The first kappa shape index (κ1) is 16.9. The lowest BCUT2D eigenvalue weighted by Crippen LogP contribution is -2.37. The summed E-state index contributed by atoms with van der Waals surface area (Å²) in [6.45, 7) is 11.5. The lowest BCUT2D eigenvalue weighted by molar-refractivity contribution is 0.0453. The average molecular weight is 352 g/mol. The predicted octanol–water partition coefficient (Wildman–Crippen LogP) is 2.01. The molecule has 0 spiro atoms. The molecule has 0 unspecified atom stereocenters. The van der Waals surface area contributed by atoms with E-state index in [-0.39, 0.29) is 0 Å². The summed E-state index contributed by atoms with van der Waals surface area (Å²) in [7, 11) is 0. The number of hydrogen-bond acceptors (Lipinski definition) is 6. The molecule has 4 rings (SSSR count). The van der Waals surface area contributed by atoms with Gasteiger partial charge in [-0.05, 0) is 25.7 Å². The molecule has 0 aliphatic carbocycles. The Morgan fingerprint density at radius 2 is 2.00 bits per heavy atom. The van der Waals surface area contributed by atoms with Crippen LogP contribution in [0.5, 0.6) is 0 Å². The molecule has 1 aromatic heterocycles. The maximum atomic E-state index is 6.19. The number of aromatic nitrogens is 1. The Balaban J connectivity index is 1.31. The molecule has 3 saturated heterocycles. The highest BCUT2D eigenvalue weighted by atomic mass is 32.1. The van der Waals surface area contributed by atoms with Crippen molar-refractivity contribution in [1.82, 2.24) is 14.8 Å². The van der Waals surface area contributed by atoms with E-state index in [9.17, 15) is 0 Å². The molecule has 1 aromatic rings. The van der Waals surface area contributed by atoms with Crippen LogP contribution in [0.15, 0.2) is 5.38 Å². The van der Waals surface area contributed by atoms with E-state index >= 15 is 0 Å². The van der Waals surface area contributed by atoms with E-state index in [1.165, 1.54) is 30.9 Å². The Bertz CT molecular complexity index is 532. The summed E-state index contributed by atoms with van der Waals surface area (Å²) in [5.74, 6) is 1.46. The molecule has 0 amide bonds. The molecule has 0 aromatic carbocycles. The second kappa shape index (κ2) is 7.79. The van der Waals surface area contributed by atoms with Crippen molar-refractivity contribution in [3.05, 3.63) is 16.1 Å². The van der Waals surface area contributed by atoms with Crippen LogP contribution in [0.4, 0.5) is 0 Å². The minimum atomic E-state index is 0.408. The Kier molecular flexibility index (Phi) is 5.49. The van der Waals surface area contributed by atoms with Crippen molar-refractivity contribution in [3.63, 3.8) is 0 Å². The molecule has 2 atom stereocenters. The molecule has 0 bridgehead atoms. The second-order valence-corrected chi connectivity index (χ2v) is 8.50. The van der Waals surface area contributed by atoms with E-state index in [2.05, 4.69) is 27.1 Å². The van der Waals surface area contributed by atoms with Gasteiger partial charge in [-0.25, -0.2) is 4.98 Å². The van der Waals surface area contributed by atoms with Crippen molar-refractivity contribution in [2.75, 3.05) is 52.5 Å². The number of thiazole rings is 1. The van der Waals surface area contributed by atoms with E-state index < -0.39 is 0 Å². The maximum absolute atomic E-state index is 6.19. The van der Waals surface area contributed by atoms with E-state index in [4.69, 9.17) is 9.47 Å². The molecule has 3 aliphatic rings. The summed E-state index contributed by atoms with van der Waals surface area (Å²) in [6, 6.07) is 0. The van der Waals surface area contributed by atoms with E-state index in [0.717, 1.165) is 57.6 Å². The van der Waals surface area contributed by atoms with Crippen molar-refractivity contribution < 1.29 is 9.47 Å². The Morgan fingerprint density at radius 3 is 2.79 bits per heavy atom. The zero-order valence-electron chi connectivity index (χ0n) is 14.7. The van der Waals surface area contributed by atoms with Crippen LogP contribution in [-0.4, -0.2) is 73.4 Å². The zero-order valence-corrected chi connectivity index (χ0v) is 15.5. The third kappa shape index (κ3) is 4.17. The molecule has 6 heteroatoms. The highest BCUT2D eigenvalue weighted by Gasteiger charge is 2.37. The average Bonchev–Trinajstić information content (AvgIpc) is 3.10. The first-order chi connectivity index (χ1) is 11.8. The van der Waals surface area contributed by atoms with E-state index in [1.807, 2.05) is 0 Å². The molecule has 24 heavy (non-hydrogen) atoms. The Labute approximate surface area is 148 Å². The van der Waals surface area contributed by atoms with Gasteiger partial charge in [-0.15, -0.1) is 11.3 Å². The summed E-state index contributed by atoms with van der Waals surface area (Å²) in [5.41, 5.74) is 1.14. The molecule has 0 N–H and O–H groups in total. The lowest BCUT2D eigenvalue weighted by atomic mass is 9.98. The first-order valence-corrected chi connectivity index (χ1v) is 10.2. The van der Waals surface area contributed by atoms with Gasteiger partial charge < -0.3 is 14.4 Å². The van der Waals surface area contributed by atoms with Gasteiger partial charge >= 0.3 is 0 Å². The van der Waals surface area contributed by atoms with Crippen molar-refractivity contribution in [2.24, 2.45) is 11.8 Å². The lowest BCUT2D eigenvalue weighted by Gasteiger charge is -2.30. The van der Waals surface area contributed by atoms with Crippen molar-refractivity contribution in [1.29, 1.82) is 0 Å². The molecule has 0 radical (unpaired) electrons. The van der Waals surface area contributed by atoms with Gasteiger partial charge in [0.15, 0.2) is 0 Å². The van der Waals surface area contributed by atoms with Gasteiger partial charge in [0.25, 0.3) is 0 Å². The van der Waals surface area contributed by atoms with Gasteiger partial charge in [0, 0.05) is 62.9 Å². The molecular weight excluding hydrogens is 322 g/mol. The van der Waals surface area contributed by atoms with Crippen LogP contribution in [0.1, 0.15) is 23.5 Å². The number of likely N-dealkylation sites (tertiary alicyclic amines) is 1. The van der Waals surface area contributed by atoms with E-state index in [1.54, 1.807) is 11.3 Å². The summed E-state index contributed by atoms with van der Waals surface area (Å²) in [6.07, 6.45) is 2.85. The van der Waals surface area contributed by atoms with Crippen LogP contribution in [0.3, 0.4) is 0 Å². The third-order valence-corrected chi connectivity index (χ3v) is 6.52. The Morgan fingerprint density at radius 1 is 1.17 bits per heavy atom. The minimum Gasteiger partial charge on any atom is -0.381 e. The van der Waals surface area contributed by atoms with Gasteiger partial charge in [0.05, 0.1) is 19.3 Å². The Hall–Kier alpha value is -0.530.